The van der Waals surface area contributed by atoms with Crippen LogP contribution in [0, 0.1) is 6.92 Å². The maximum atomic E-state index is 4.51. The Bertz CT molecular complexity index is 1250. The standard InChI is InChI=1S/C32H32S2.C2H6/c1-8-10-13-17-23(4)26(7)31-30(25(6)22(3)16-11-9-2)33-29-24(5)20-21-28(32(29)34-31)27-18-14-12-15-19-27;1-2/h9-21H,2-3,6-8H2,1,4-5H3;1-2H3/b13-10-,16-11-,23-17+;. The van der Waals surface area contributed by atoms with E-state index in [2.05, 4.69) is 108 Å². The molecule has 0 bridgehead atoms. The molecule has 2 aromatic rings. The molecule has 1 heterocycles. The van der Waals surface area contributed by atoms with Gasteiger partial charge in [-0.05, 0) is 59.3 Å². The number of aryl methyl sites for hydroxylation is 1. The second-order valence-electron chi connectivity index (χ2n) is 8.08. The van der Waals surface area contributed by atoms with Crippen LogP contribution in [0.5, 0.6) is 0 Å². The van der Waals surface area contributed by atoms with Crippen molar-refractivity contribution >= 4 is 23.5 Å². The summed E-state index contributed by atoms with van der Waals surface area (Å²) in [7, 11) is 0. The van der Waals surface area contributed by atoms with Crippen molar-refractivity contribution in [1.29, 1.82) is 0 Å². The van der Waals surface area contributed by atoms with E-state index in [1.165, 1.54) is 26.5 Å². The molecular formula is C34H38S2. The third-order valence-electron chi connectivity index (χ3n) is 5.57. The minimum atomic E-state index is 0.876. The first kappa shape index (κ1) is 29.3. The van der Waals surface area contributed by atoms with Gasteiger partial charge < -0.3 is 0 Å². The minimum absolute atomic E-state index is 0.876. The first-order valence-corrected chi connectivity index (χ1v) is 14.0. The predicted molar refractivity (Wildman–Crippen MR) is 167 cm³/mol. The molecule has 0 atom stereocenters. The Balaban J connectivity index is 0.00000222. The van der Waals surface area contributed by atoms with Gasteiger partial charge in [0.2, 0.25) is 0 Å². The van der Waals surface area contributed by atoms with Crippen LogP contribution in [0.1, 0.15) is 39.7 Å². The maximum Gasteiger partial charge on any atom is 0.0343 e. The molecule has 1 aliphatic heterocycles. The van der Waals surface area contributed by atoms with Gasteiger partial charge in [0.15, 0.2) is 0 Å². The van der Waals surface area contributed by atoms with Crippen molar-refractivity contribution in [2.24, 2.45) is 0 Å². The van der Waals surface area contributed by atoms with E-state index < -0.39 is 0 Å². The molecule has 36 heavy (non-hydrogen) atoms. The molecule has 0 radical (unpaired) electrons. The fraction of sp³-hybridized carbons (Fsp3) is 0.176. The van der Waals surface area contributed by atoms with Gasteiger partial charge in [-0.3, -0.25) is 0 Å². The van der Waals surface area contributed by atoms with Gasteiger partial charge in [0, 0.05) is 19.6 Å². The van der Waals surface area contributed by atoms with Crippen molar-refractivity contribution < 1.29 is 0 Å². The zero-order valence-electron chi connectivity index (χ0n) is 22.4. The lowest BCUT2D eigenvalue weighted by Gasteiger charge is -2.28. The van der Waals surface area contributed by atoms with Crippen molar-refractivity contribution in [3.05, 3.63) is 143 Å². The third-order valence-corrected chi connectivity index (χ3v) is 8.50. The minimum Gasteiger partial charge on any atom is -0.0991 e. The molecule has 0 nitrogen and oxygen atoms in total. The van der Waals surface area contributed by atoms with Crippen LogP contribution < -0.4 is 0 Å². The van der Waals surface area contributed by atoms with Crippen molar-refractivity contribution in [3.63, 3.8) is 0 Å². The molecule has 1 aliphatic rings. The summed E-state index contributed by atoms with van der Waals surface area (Å²) in [5, 5.41) is 0. The van der Waals surface area contributed by atoms with Crippen molar-refractivity contribution in [1.82, 2.24) is 0 Å². The van der Waals surface area contributed by atoms with Gasteiger partial charge >= 0.3 is 0 Å². The van der Waals surface area contributed by atoms with Crippen LogP contribution in [-0.2, 0) is 0 Å². The summed E-state index contributed by atoms with van der Waals surface area (Å²) in [6.45, 7) is 27.4. The van der Waals surface area contributed by atoms with E-state index in [1.807, 2.05) is 26.0 Å². The number of thioether (sulfide) groups is 2. The first-order valence-electron chi connectivity index (χ1n) is 12.4. The van der Waals surface area contributed by atoms with Gasteiger partial charge in [0.1, 0.15) is 0 Å². The van der Waals surface area contributed by atoms with E-state index in [-0.39, 0.29) is 0 Å². The lowest BCUT2D eigenvalue weighted by molar-refractivity contribution is 1.17. The summed E-state index contributed by atoms with van der Waals surface area (Å²) >= 11 is 3.57. The second kappa shape index (κ2) is 14.6. The third kappa shape index (κ3) is 7.06. The molecule has 0 N–H and O–H groups in total. The van der Waals surface area contributed by atoms with Gasteiger partial charge in [-0.1, -0.05) is 150 Å². The number of benzene rings is 2. The smallest absolute Gasteiger partial charge is 0.0343 e. The average Bonchev–Trinajstić information content (AvgIpc) is 2.92. The SMILES string of the molecule is C=C/C=C\C(=C)C(=C)C1=C(C(=C)/C(C)=C/C=C\CC)Sc2c(-c3ccccc3)ccc(C)c2S1.CC. The number of fused-ring (bicyclic) bond motifs is 1. The summed E-state index contributed by atoms with van der Waals surface area (Å²) in [5.74, 6) is 0. The summed E-state index contributed by atoms with van der Waals surface area (Å²) in [6.07, 6.45) is 13.0. The molecule has 3 rings (SSSR count). The van der Waals surface area contributed by atoms with Crippen LogP contribution >= 0.6 is 23.5 Å². The van der Waals surface area contributed by atoms with E-state index in [9.17, 15) is 0 Å². The topological polar surface area (TPSA) is 0 Å². The molecule has 0 unspecified atom stereocenters. The van der Waals surface area contributed by atoms with E-state index >= 15 is 0 Å². The highest BCUT2D eigenvalue weighted by Crippen LogP contribution is 2.56. The van der Waals surface area contributed by atoms with Crippen molar-refractivity contribution in [3.8, 4) is 11.1 Å². The second-order valence-corrected chi connectivity index (χ2v) is 10.1. The van der Waals surface area contributed by atoms with Crippen LogP contribution in [0.25, 0.3) is 11.1 Å². The molecular weight excluding hydrogens is 473 g/mol. The van der Waals surface area contributed by atoms with Gasteiger partial charge in [-0.15, -0.1) is 0 Å². The van der Waals surface area contributed by atoms with Gasteiger partial charge in [-0.2, -0.15) is 0 Å². The Labute approximate surface area is 227 Å². The highest BCUT2D eigenvalue weighted by molar-refractivity contribution is 8.09. The summed E-state index contributed by atoms with van der Waals surface area (Å²) < 4.78 is 0. The molecule has 0 fully saturated rings. The predicted octanol–water partition coefficient (Wildman–Crippen LogP) is 11.4. The summed E-state index contributed by atoms with van der Waals surface area (Å²) in [4.78, 5) is 4.79. The molecule has 0 aromatic heterocycles. The van der Waals surface area contributed by atoms with Crippen LogP contribution in [0.3, 0.4) is 0 Å². The zero-order valence-corrected chi connectivity index (χ0v) is 24.0. The Hall–Kier alpha value is -2.94. The highest BCUT2D eigenvalue weighted by Gasteiger charge is 2.27. The van der Waals surface area contributed by atoms with Crippen molar-refractivity contribution in [2.75, 3.05) is 0 Å². The lowest BCUT2D eigenvalue weighted by atomic mass is 10.0. The summed E-state index contributed by atoms with van der Waals surface area (Å²) in [5.41, 5.74) is 7.67. The number of hydrogen-bond donors (Lipinski definition) is 0. The number of hydrogen-bond acceptors (Lipinski definition) is 2. The quantitative estimate of drug-likeness (QED) is 0.308. The Morgan fingerprint density at radius 1 is 0.861 bits per heavy atom. The Morgan fingerprint density at radius 3 is 2.14 bits per heavy atom. The molecule has 0 spiro atoms. The highest BCUT2D eigenvalue weighted by atomic mass is 32.2. The van der Waals surface area contributed by atoms with E-state index in [0.717, 1.165) is 38.5 Å². The zero-order chi connectivity index (χ0) is 26.7. The lowest BCUT2D eigenvalue weighted by Crippen LogP contribution is -2.03. The summed E-state index contributed by atoms with van der Waals surface area (Å²) in [6, 6.07) is 15.0. The van der Waals surface area contributed by atoms with Crippen LogP contribution in [-0.4, -0.2) is 0 Å². The average molecular weight is 511 g/mol. The Morgan fingerprint density at radius 2 is 1.50 bits per heavy atom. The molecule has 0 amide bonds. The fourth-order valence-corrected chi connectivity index (χ4v) is 6.35. The monoisotopic (exact) mass is 510 g/mol. The van der Waals surface area contributed by atoms with Crippen LogP contribution in [0.4, 0.5) is 0 Å². The largest absolute Gasteiger partial charge is 0.0991 e. The molecule has 0 saturated carbocycles. The molecule has 0 saturated heterocycles. The fourth-order valence-electron chi connectivity index (χ4n) is 3.49. The van der Waals surface area contributed by atoms with Gasteiger partial charge in [0.05, 0.1) is 0 Å². The van der Waals surface area contributed by atoms with Crippen LogP contribution in [0.2, 0.25) is 0 Å². The Kier molecular flexibility index (Phi) is 11.9. The van der Waals surface area contributed by atoms with E-state index in [4.69, 9.17) is 0 Å². The first-order chi connectivity index (χ1) is 17.4. The van der Waals surface area contributed by atoms with Gasteiger partial charge in [-0.25, -0.2) is 0 Å². The van der Waals surface area contributed by atoms with Gasteiger partial charge in [0.25, 0.3) is 0 Å². The molecule has 2 aromatic carbocycles. The van der Waals surface area contributed by atoms with E-state index in [0.29, 0.717) is 0 Å². The van der Waals surface area contributed by atoms with Crippen LogP contribution in [0.15, 0.2) is 147 Å². The van der Waals surface area contributed by atoms with Crippen molar-refractivity contribution in [2.45, 2.75) is 50.8 Å². The molecule has 0 aliphatic carbocycles. The maximum absolute atomic E-state index is 4.51. The molecule has 186 valence electrons. The number of allylic oxidation sites excluding steroid dienone is 10. The number of rotatable bonds is 9. The normalized spacial score (nSPS) is 13.3. The molecule has 2 heteroatoms. The van der Waals surface area contributed by atoms with E-state index in [1.54, 1.807) is 29.6 Å².